The van der Waals surface area contributed by atoms with Crippen molar-refractivity contribution in [2.75, 3.05) is 6.54 Å². The average molecular weight is 277 g/mol. The number of carbonyl (C=O) groups is 1. The predicted octanol–water partition coefficient (Wildman–Crippen LogP) is 3.30. The molecule has 0 atom stereocenters. The summed E-state index contributed by atoms with van der Waals surface area (Å²) in [6.45, 7) is 7.14. The first-order valence-electron chi connectivity index (χ1n) is 6.33. The summed E-state index contributed by atoms with van der Waals surface area (Å²) in [6, 6.07) is 5.77. The summed E-state index contributed by atoms with van der Waals surface area (Å²) in [5.74, 6) is -0.122. The van der Waals surface area contributed by atoms with Gasteiger partial charge in [0.05, 0.1) is 10.6 Å². The van der Waals surface area contributed by atoms with Crippen LogP contribution in [-0.4, -0.2) is 22.6 Å². The highest BCUT2D eigenvalue weighted by molar-refractivity contribution is 7.13. The molecule has 2 aromatic rings. The van der Waals surface area contributed by atoms with Gasteiger partial charge in [-0.2, -0.15) is 5.10 Å². The quantitative estimate of drug-likeness (QED) is 0.900. The Bertz CT molecular complexity index is 537. The standard InChI is InChI=1S/C14H19N3OS/c1-14(2,3)6-7-15-13(18)11-9-10(16-17-11)12-5-4-8-19-12/h4-5,8-9H,6-7H2,1-3H3,(H,15,18)(H,16,17). The van der Waals surface area contributed by atoms with Crippen molar-refractivity contribution in [1.82, 2.24) is 15.5 Å². The Balaban J connectivity index is 1.93. The molecule has 19 heavy (non-hydrogen) atoms. The number of carbonyl (C=O) groups excluding carboxylic acids is 1. The van der Waals surface area contributed by atoms with Gasteiger partial charge in [0.1, 0.15) is 0 Å². The molecule has 2 aromatic heterocycles. The molecule has 0 spiro atoms. The molecule has 2 rings (SSSR count). The Morgan fingerprint density at radius 2 is 2.26 bits per heavy atom. The van der Waals surface area contributed by atoms with Gasteiger partial charge in [-0.15, -0.1) is 11.3 Å². The minimum Gasteiger partial charge on any atom is -0.351 e. The van der Waals surface area contributed by atoms with Gasteiger partial charge in [-0.1, -0.05) is 26.8 Å². The normalized spacial score (nSPS) is 11.5. The fraction of sp³-hybridized carbons (Fsp3) is 0.429. The van der Waals surface area contributed by atoms with Gasteiger partial charge in [0, 0.05) is 6.54 Å². The van der Waals surface area contributed by atoms with Crippen LogP contribution in [0.25, 0.3) is 10.6 Å². The second kappa shape index (κ2) is 5.57. The van der Waals surface area contributed by atoms with E-state index in [0.717, 1.165) is 17.0 Å². The molecular weight excluding hydrogens is 258 g/mol. The molecule has 0 aliphatic carbocycles. The first-order valence-corrected chi connectivity index (χ1v) is 7.21. The summed E-state index contributed by atoms with van der Waals surface area (Å²) < 4.78 is 0. The van der Waals surface area contributed by atoms with Crippen LogP contribution in [0.15, 0.2) is 23.6 Å². The molecule has 4 nitrogen and oxygen atoms in total. The number of nitrogens with zero attached hydrogens (tertiary/aromatic N) is 1. The minimum absolute atomic E-state index is 0.122. The van der Waals surface area contributed by atoms with Crippen LogP contribution in [0, 0.1) is 5.41 Å². The summed E-state index contributed by atoms with van der Waals surface area (Å²) in [5.41, 5.74) is 1.55. The molecule has 0 aromatic carbocycles. The average Bonchev–Trinajstić information content (AvgIpc) is 2.98. The van der Waals surface area contributed by atoms with E-state index in [2.05, 4.69) is 36.3 Å². The lowest BCUT2D eigenvalue weighted by molar-refractivity contribution is 0.0944. The van der Waals surface area contributed by atoms with E-state index in [1.807, 2.05) is 17.5 Å². The fourth-order valence-electron chi connectivity index (χ4n) is 1.64. The van der Waals surface area contributed by atoms with Gasteiger partial charge in [0.15, 0.2) is 5.69 Å². The Kier molecular flexibility index (Phi) is 4.04. The van der Waals surface area contributed by atoms with Crippen molar-refractivity contribution in [2.45, 2.75) is 27.2 Å². The molecular formula is C14H19N3OS. The molecule has 0 saturated heterocycles. The molecule has 0 aliphatic heterocycles. The fourth-order valence-corrected chi connectivity index (χ4v) is 2.33. The Hall–Kier alpha value is -1.62. The summed E-state index contributed by atoms with van der Waals surface area (Å²) in [6.07, 6.45) is 0.945. The number of rotatable bonds is 4. The van der Waals surface area contributed by atoms with E-state index in [0.29, 0.717) is 12.2 Å². The molecule has 5 heteroatoms. The van der Waals surface area contributed by atoms with Crippen molar-refractivity contribution in [1.29, 1.82) is 0 Å². The summed E-state index contributed by atoms with van der Waals surface area (Å²) >= 11 is 1.62. The molecule has 0 saturated carbocycles. The maximum absolute atomic E-state index is 11.9. The van der Waals surface area contributed by atoms with Gasteiger partial charge in [-0.05, 0) is 29.3 Å². The molecule has 0 radical (unpaired) electrons. The molecule has 102 valence electrons. The highest BCUT2D eigenvalue weighted by atomic mass is 32.1. The van der Waals surface area contributed by atoms with Crippen LogP contribution in [0.4, 0.5) is 0 Å². The highest BCUT2D eigenvalue weighted by Gasteiger charge is 2.14. The third-order valence-electron chi connectivity index (χ3n) is 2.76. The molecule has 0 aliphatic rings. The number of amides is 1. The number of nitrogens with one attached hydrogen (secondary N) is 2. The molecule has 0 bridgehead atoms. The van der Waals surface area contributed by atoms with Gasteiger partial charge in [-0.25, -0.2) is 0 Å². The lowest BCUT2D eigenvalue weighted by Crippen LogP contribution is -2.27. The van der Waals surface area contributed by atoms with Crippen molar-refractivity contribution < 1.29 is 4.79 Å². The van der Waals surface area contributed by atoms with E-state index in [1.54, 1.807) is 17.4 Å². The minimum atomic E-state index is -0.122. The van der Waals surface area contributed by atoms with Crippen molar-refractivity contribution in [2.24, 2.45) is 5.41 Å². The van der Waals surface area contributed by atoms with Crippen molar-refractivity contribution in [3.05, 3.63) is 29.3 Å². The topological polar surface area (TPSA) is 57.8 Å². The first kappa shape index (κ1) is 13.8. The third kappa shape index (κ3) is 3.92. The zero-order valence-electron chi connectivity index (χ0n) is 11.5. The van der Waals surface area contributed by atoms with Crippen LogP contribution in [0.5, 0.6) is 0 Å². The van der Waals surface area contributed by atoms with Crippen molar-refractivity contribution >= 4 is 17.2 Å². The van der Waals surface area contributed by atoms with Crippen LogP contribution < -0.4 is 5.32 Å². The predicted molar refractivity (Wildman–Crippen MR) is 78.3 cm³/mol. The second-order valence-electron chi connectivity index (χ2n) is 5.71. The molecule has 2 heterocycles. The van der Waals surface area contributed by atoms with E-state index in [4.69, 9.17) is 0 Å². The molecule has 1 amide bonds. The van der Waals surface area contributed by atoms with Crippen molar-refractivity contribution in [3.63, 3.8) is 0 Å². The summed E-state index contributed by atoms with van der Waals surface area (Å²) in [4.78, 5) is 13.0. The summed E-state index contributed by atoms with van der Waals surface area (Å²) in [5, 5.41) is 11.8. The lowest BCUT2D eigenvalue weighted by atomic mass is 9.92. The van der Waals surface area contributed by atoms with Crippen LogP contribution in [-0.2, 0) is 0 Å². The molecule has 0 unspecified atom stereocenters. The van der Waals surface area contributed by atoms with E-state index in [1.165, 1.54) is 0 Å². The molecule has 2 N–H and O–H groups in total. The zero-order valence-corrected chi connectivity index (χ0v) is 12.3. The SMILES string of the molecule is CC(C)(C)CCNC(=O)c1cc(-c2cccs2)[nH]n1. The first-order chi connectivity index (χ1) is 8.96. The van der Waals surface area contributed by atoms with Crippen molar-refractivity contribution in [3.8, 4) is 10.6 Å². The largest absolute Gasteiger partial charge is 0.351 e. The Morgan fingerprint density at radius 1 is 1.47 bits per heavy atom. The lowest BCUT2D eigenvalue weighted by Gasteiger charge is -2.17. The third-order valence-corrected chi connectivity index (χ3v) is 3.66. The Morgan fingerprint density at radius 3 is 2.89 bits per heavy atom. The number of aromatic nitrogens is 2. The van der Waals surface area contributed by atoms with E-state index < -0.39 is 0 Å². The van der Waals surface area contributed by atoms with Gasteiger partial charge < -0.3 is 5.32 Å². The van der Waals surface area contributed by atoms with E-state index in [-0.39, 0.29) is 11.3 Å². The second-order valence-corrected chi connectivity index (χ2v) is 6.66. The number of hydrogen-bond acceptors (Lipinski definition) is 3. The monoisotopic (exact) mass is 277 g/mol. The van der Waals surface area contributed by atoms with Gasteiger partial charge in [0.25, 0.3) is 5.91 Å². The van der Waals surface area contributed by atoms with Crippen LogP contribution in [0.3, 0.4) is 0 Å². The number of thiophene rings is 1. The van der Waals surface area contributed by atoms with Gasteiger partial charge in [0.2, 0.25) is 0 Å². The number of hydrogen-bond donors (Lipinski definition) is 2. The summed E-state index contributed by atoms with van der Waals surface area (Å²) in [7, 11) is 0. The van der Waals surface area contributed by atoms with Crippen LogP contribution in [0.2, 0.25) is 0 Å². The Labute approximate surface area is 117 Å². The maximum Gasteiger partial charge on any atom is 0.271 e. The van der Waals surface area contributed by atoms with Gasteiger partial charge in [-0.3, -0.25) is 9.89 Å². The van der Waals surface area contributed by atoms with Crippen LogP contribution in [0.1, 0.15) is 37.7 Å². The van der Waals surface area contributed by atoms with E-state index in [9.17, 15) is 4.79 Å². The van der Waals surface area contributed by atoms with Gasteiger partial charge >= 0.3 is 0 Å². The van der Waals surface area contributed by atoms with E-state index >= 15 is 0 Å². The number of H-pyrrole nitrogens is 1. The zero-order chi connectivity index (χ0) is 13.9. The smallest absolute Gasteiger partial charge is 0.271 e. The van der Waals surface area contributed by atoms with Crippen LogP contribution >= 0.6 is 11.3 Å². The molecule has 0 fully saturated rings. The maximum atomic E-state index is 11.9. The highest BCUT2D eigenvalue weighted by Crippen LogP contribution is 2.23. The number of aromatic amines is 1.